The summed E-state index contributed by atoms with van der Waals surface area (Å²) in [5.41, 5.74) is -3.58. The van der Waals surface area contributed by atoms with Gasteiger partial charge in [0.1, 0.15) is 41.9 Å². The summed E-state index contributed by atoms with van der Waals surface area (Å²) in [7, 11) is -4.11. The second-order valence-corrected chi connectivity index (χ2v) is 16.7. The van der Waals surface area contributed by atoms with Crippen molar-refractivity contribution < 1.29 is 46.3 Å². The number of phosphoric acid groups is 1. The largest absolute Gasteiger partial charge is 0.490 e. The molecule has 0 bridgehead atoms. The number of rotatable bonds is 13. The quantitative estimate of drug-likeness (QED) is 0.152. The molecule has 12 heteroatoms. The van der Waals surface area contributed by atoms with E-state index in [1.807, 2.05) is 24.3 Å². The molecule has 2 aromatic rings. The van der Waals surface area contributed by atoms with Crippen LogP contribution >= 0.6 is 7.82 Å². The van der Waals surface area contributed by atoms with Gasteiger partial charge in [-0.05, 0) is 119 Å². The van der Waals surface area contributed by atoms with Crippen LogP contribution in [0.4, 0.5) is 9.18 Å². The van der Waals surface area contributed by atoms with Crippen LogP contribution < -0.4 is 9.47 Å². The van der Waals surface area contributed by atoms with Crippen LogP contribution in [0, 0.1) is 5.82 Å². The van der Waals surface area contributed by atoms with Gasteiger partial charge in [0, 0.05) is 6.07 Å². The molecule has 0 spiro atoms. The standard InChI is InChI=1S/C35H53FNO9P/c1-31(2,3)44-30(38)37-34(10,11)42-24-35(37,25-43-47(39,45-32(4,5)6)46-33(7,8)9)20-19-26-15-17-28(18-16-26)40-21-22-41-29-14-12-13-27(36)23-29/h12-18,23H,19-22,24-25H2,1-11H3/t35-/m1/s1. The lowest BCUT2D eigenvalue weighted by atomic mass is 9.91. The van der Waals surface area contributed by atoms with Gasteiger partial charge in [-0.1, -0.05) is 18.2 Å². The summed E-state index contributed by atoms with van der Waals surface area (Å²) in [6.45, 7) is 20.0. The van der Waals surface area contributed by atoms with Gasteiger partial charge in [0.25, 0.3) is 0 Å². The van der Waals surface area contributed by atoms with Crippen LogP contribution in [0.15, 0.2) is 48.5 Å². The number of halogens is 1. The highest BCUT2D eigenvalue weighted by molar-refractivity contribution is 7.48. The number of carbonyl (C=O) groups is 1. The van der Waals surface area contributed by atoms with Crippen LogP contribution in [0.1, 0.15) is 88.1 Å². The van der Waals surface area contributed by atoms with E-state index in [1.54, 1.807) is 93.2 Å². The molecule has 47 heavy (non-hydrogen) atoms. The molecule has 0 saturated carbocycles. The minimum atomic E-state index is -4.11. The number of ether oxygens (including phenoxy) is 4. The third-order valence-corrected chi connectivity index (χ3v) is 8.75. The van der Waals surface area contributed by atoms with Gasteiger partial charge in [0.15, 0.2) is 0 Å². The Hall–Kier alpha value is -2.69. The lowest BCUT2D eigenvalue weighted by molar-refractivity contribution is -0.0765. The lowest BCUT2D eigenvalue weighted by Crippen LogP contribution is -2.59. The zero-order chi connectivity index (χ0) is 35.3. The van der Waals surface area contributed by atoms with Gasteiger partial charge in [0.2, 0.25) is 0 Å². The number of hydrogen-bond donors (Lipinski definition) is 0. The molecule has 2 aromatic carbocycles. The molecular weight excluding hydrogens is 628 g/mol. The molecule has 1 saturated heterocycles. The predicted octanol–water partition coefficient (Wildman–Crippen LogP) is 8.71. The smallest absolute Gasteiger partial charge is 0.475 e. The first-order valence-electron chi connectivity index (χ1n) is 15.9. The molecule has 0 aliphatic carbocycles. The molecule has 0 radical (unpaired) electrons. The summed E-state index contributed by atoms with van der Waals surface area (Å²) >= 11 is 0. The van der Waals surface area contributed by atoms with Crippen LogP contribution in [-0.4, -0.2) is 65.5 Å². The number of carbonyl (C=O) groups excluding carboxylic acids is 1. The molecule has 1 fully saturated rings. The zero-order valence-electron chi connectivity index (χ0n) is 29.8. The molecule has 1 heterocycles. The molecule has 1 aliphatic heterocycles. The van der Waals surface area contributed by atoms with Crippen LogP contribution in [0.3, 0.4) is 0 Å². The monoisotopic (exact) mass is 681 g/mol. The van der Waals surface area contributed by atoms with E-state index >= 15 is 0 Å². The summed E-state index contributed by atoms with van der Waals surface area (Å²) in [5, 5.41) is 0. The highest BCUT2D eigenvalue weighted by atomic mass is 31.2. The Labute approximate surface area is 279 Å². The molecule has 1 amide bonds. The molecule has 1 atom stereocenters. The Morgan fingerprint density at radius 2 is 1.45 bits per heavy atom. The molecule has 0 N–H and O–H groups in total. The Morgan fingerprint density at radius 1 is 0.872 bits per heavy atom. The van der Waals surface area contributed by atoms with Crippen LogP contribution in [0.25, 0.3) is 0 Å². The number of amides is 1. The van der Waals surface area contributed by atoms with Crippen LogP contribution in [0.2, 0.25) is 0 Å². The second kappa shape index (κ2) is 14.8. The molecule has 3 rings (SSSR count). The maximum Gasteiger partial charge on any atom is 0.475 e. The zero-order valence-corrected chi connectivity index (χ0v) is 30.7. The van der Waals surface area contributed by atoms with E-state index < -0.39 is 42.0 Å². The number of hydrogen-bond acceptors (Lipinski definition) is 9. The van der Waals surface area contributed by atoms with Gasteiger partial charge in [0.05, 0.1) is 30.0 Å². The van der Waals surface area contributed by atoms with E-state index in [9.17, 15) is 13.8 Å². The van der Waals surface area contributed by atoms with Crippen LogP contribution in [0.5, 0.6) is 11.5 Å². The molecular formula is C35H53FNO9P. The second-order valence-electron chi connectivity index (χ2n) is 15.2. The Morgan fingerprint density at radius 3 is 1.98 bits per heavy atom. The van der Waals surface area contributed by atoms with Crippen molar-refractivity contribution in [3.05, 3.63) is 59.9 Å². The van der Waals surface area contributed by atoms with E-state index in [0.29, 0.717) is 24.3 Å². The van der Waals surface area contributed by atoms with Crippen molar-refractivity contribution in [1.29, 1.82) is 0 Å². The van der Waals surface area contributed by atoms with E-state index in [1.165, 1.54) is 12.1 Å². The average Bonchev–Trinajstić information content (AvgIpc) is 3.17. The highest BCUT2D eigenvalue weighted by Crippen LogP contribution is 2.56. The van der Waals surface area contributed by atoms with E-state index in [0.717, 1.165) is 5.56 Å². The van der Waals surface area contributed by atoms with E-state index in [2.05, 4.69) is 0 Å². The Bertz CT molecular complexity index is 1360. The van der Waals surface area contributed by atoms with Crippen molar-refractivity contribution >= 4 is 13.9 Å². The van der Waals surface area contributed by atoms with Crippen molar-refractivity contribution in [2.75, 3.05) is 26.4 Å². The Balaban J connectivity index is 1.80. The number of benzene rings is 2. The fraction of sp³-hybridized carbons (Fsp3) is 0.629. The van der Waals surface area contributed by atoms with Crippen molar-refractivity contribution in [2.45, 2.75) is 117 Å². The molecule has 10 nitrogen and oxygen atoms in total. The Kier molecular flexibility index (Phi) is 12.2. The minimum absolute atomic E-state index is 0.108. The SMILES string of the molecule is CC(C)(C)OC(=O)N1C(C)(C)OC[C@]1(CCc1ccc(OCCOc2cccc(F)c2)cc1)COP(=O)(OC(C)(C)C)OC(C)(C)C. The maximum atomic E-state index is 14.0. The van der Waals surface area contributed by atoms with Crippen molar-refractivity contribution in [3.63, 3.8) is 0 Å². The average molecular weight is 682 g/mol. The van der Waals surface area contributed by atoms with Gasteiger partial charge in [-0.25, -0.2) is 13.8 Å². The topological polar surface area (TPSA) is 102 Å². The highest BCUT2D eigenvalue weighted by Gasteiger charge is 2.56. The number of aryl methyl sites for hydroxylation is 1. The fourth-order valence-corrected chi connectivity index (χ4v) is 6.92. The fourth-order valence-electron chi connectivity index (χ4n) is 5.04. The summed E-state index contributed by atoms with van der Waals surface area (Å²) in [4.78, 5) is 15.3. The third kappa shape index (κ3) is 12.4. The van der Waals surface area contributed by atoms with Gasteiger partial charge in [-0.3, -0.25) is 18.5 Å². The van der Waals surface area contributed by atoms with Crippen LogP contribution in [-0.2, 0) is 34.0 Å². The van der Waals surface area contributed by atoms with Gasteiger partial charge in [-0.15, -0.1) is 0 Å². The van der Waals surface area contributed by atoms with Crippen molar-refractivity contribution in [1.82, 2.24) is 4.90 Å². The summed E-state index contributed by atoms with van der Waals surface area (Å²) in [6.07, 6.45) is 0.342. The van der Waals surface area contributed by atoms with Crippen molar-refractivity contribution in [2.24, 2.45) is 0 Å². The third-order valence-electron chi connectivity index (χ3n) is 6.76. The number of phosphoric ester groups is 1. The molecule has 264 valence electrons. The first-order valence-corrected chi connectivity index (χ1v) is 17.4. The lowest BCUT2D eigenvalue weighted by Gasteiger charge is -2.43. The first-order chi connectivity index (χ1) is 21.5. The predicted molar refractivity (Wildman–Crippen MR) is 178 cm³/mol. The minimum Gasteiger partial charge on any atom is -0.490 e. The van der Waals surface area contributed by atoms with Gasteiger partial charge < -0.3 is 18.9 Å². The molecule has 0 unspecified atom stereocenters. The number of nitrogens with zero attached hydrogens (tertiary/aromatic N) is 1. The van der Waals surface area contributed by atoms with E-state index in [-0.39, 0.29) is 32.2 Å². The normalized spacial score (nSPS) is 18.7. The van der Waals surface area contributed by atoms with Crippen molar-refractivity contribution in [3.8, 4) is 11.5 Å². The summed E-state index contributed by atoms with van der Waals surface area (Å²) in [6, 6.07) is 13.5. The molecule has 1 aliphatic rings. The van der Waals surface area contributed by atoms with Gasteiger partial charge >= 0.3 is 13.9 Å². The first kappa shape index (κ1) is 38.8. The van der Waals surface area contributed by atoms with E-state index in [4.69, 9.17) is 32.5 Å². The summed E-state index contributed by atoms with van der Waals surface area (Å²) in [5.74, 6) is 0.724. The molecule has 0 aromatic heterocycles. The summed E-state index contributed by atoms with van der Waals surface area (Å²) < 4.78 is 68.6. The van der Waals surface area contributed by atoms with Gasteiger partial charge in [-0.2, -0.15) is 0 Å². The maximum absolute atomic E-state index is 14.0.